The number of hydrogen-bond donors (Lipinski definition) is 0. The molecule has 0 atom stereocenters. The Labute approximate surface area is 231 Å². The number of alkyl halides is 3. The van der Waals surface area contributed by atoms with Crippen LogP contribution >= 0.6 is 0 Å². The average Bonchev–Trinajstić information content (AvgIpc) is 3.13. The molecule has 3 aromatic rings. The molecule has 8 nitrogen and oxygen atoms in total. The van der Waals surface area contributed by atoms with Gasteiger partial charge >= 0.3 is 18.4 Å². The fraction of sp³-hybridized carbons (Fsp3) is 0.500. The quantitative estimate of drug-likeness (QED) is 0.301. The van der Waals surface area contributed by atoms with Gasteiger partial charge in [0.1, 0.15) is 17.0 Å². The van der Waals surface area contributed by atoms with Crippen LogP contribution in [-0.4, -0.2) is 50.1 Å². The van der Waals surface area contributed by atoms with E-state index in [0.29, 0.717) is 11.1 Å². The van der Waals surface area contributed by atoms with Crippen LogP contribution in [0.3, 0.4) is 0 Å². The van der Waals surface area contributed by atoms with E-state index in [1.807, 2.05) is 13.8 Å². The summed E-state index contributed by atoms with van der Waals surface area (Å²) in [5.41, 5.74) is -3.48. The Bertz CT molecular complexity index is 1390. The van der Waals surface area contributed by atoms with Gasteiger partial charge in [-0.25, -0.2) is 14.0 Å². The average molecular weight is 569 g/mol. The summed E-state index contributed by atoms with van der Waals surface area (Å²) in [6.07, 6.45) is -5.33. The van der Waals surface area contributed by atoms with Gasteiger partial charge in [-0.15, -0.1) is 0 Å². The van der Waals surface area contributed by atoms with Crippen molar-refractivity contribution in [2.45, 2.75) is 86.2 Å². The fourth-order valence-electron chi connectivity index (χ4n) is 3.66. The second kappa shape index (κ2) is 11.8. The first-order valence-electron chi connectivity index (χ1n) is 12.7. The smallest absolute Gasteiger partial charge is 0.435 e. The molecule has 12 heteroatoms. The second-order valence-electron chi connectivity index (χ2n) is 10.9. The number of pyridine rings is 1. The van der Waals surface area contributed by atoms with E-state index in [-0.39, 0.29) is 23.3 Å². The van der Waals surface area contributed by atoms with Crippen molar-refractivity contribution in [2.24, 2.45) is 0 Å². The van der Waals surface area contributed by atoms with Crippen molar-refractivity contribution in [2.75, 3.05) is 7.05 Å². The molecule has 0 unspecified atom stereocenters. The molecule has 0 saturated heterocycles. The predicted molar refractivity (Wildman–Crippen MR) is 143 cm³/mol. The van der Waals surface area contributed by atoms with E-state index >= 15 is 4.39 Å². The zero-order chi connectivity index (χ0) is 30.8. The van der Waals surface area contributed by atoms with Gasteiger partial charge in [0, 0.05) is 24.5 Å². The molecule has 0 radical (unpaired) electrons. The molecule has 40 heavy (non-hydrogen) atoms. The van der Waals surface area contributed by atoms with E-state index in [9.17, 15) is 22.8 Å². The minimum Gasteiger partial charge on any atom is -0.444 e. The number of aromatic nitrogens is 3. The van der Waals surface area contributed by atoms with Gasteiger partial charge in [-0.2, -0.15) is 23.0 Å². The molecule has 0 aliphatic rings. The van der Waals surface area contributed by atoms with Crippen LogP contribution in [0.4, 0.5) is 27.2 Å². The molecule has 0 aliphatic carbocycles. The van der Waals surface area contributed by atoms with Crippen LogP contribution < -0.4 is 0 Å². The van der Waals surface area contributed by atoms with Gasteiger partial charge in [-0.1, -0.05) is 13.8 Å². The summed E-state index contributed by atoms with van der Waals surface area (Å²) in [4.78, 5) is 29.9. The summed E-state index contributed by atoms with van der Waals surface area (Å²) in [6, 6.07) is 2.95. The number of rotatable bonds is 3. The number of carbonyl (C=O) groups is 2. The highest BCUT2D eigenvalue weighted by atomic mass is 19.4. The zero-order valence-electron chi connectivity index (χ0n) is 24.5. The molecule has 0 saturated carbocycles. The number of benzene rings is 1. The monoisotopic (exact) mass is 568 g/mol. The summed E-state index contributed by atoms with van der Waals surface area (Å²) < 4.78 is 69.1. The van der Waals surface area contributed by atoms with Gasteiger partial charge in [-0.3, -0.25) is 4.98 Å². The Kier molecular flexibility index (Phi) is 9.60. The number of carbonyl (C=O) groups excluding carboxylic acids is 2. The Morgan fingerprint density at radius 2 is 1.55 bits per heavy atom. The predicted octanol–water partition coefficient (Wildman–Crippen LogP) is 7.74. The van der Waals surface area contributed by atoms with E-state index in [4.69, 9.17) is 9.47 Å². The maximum atomic E-state index is 15.3. The molecule has 2 heterocycles. The molecule has 1 aromatic carbocycles. The topological polar surface area (TPSA) is 86.6 Å². The molecule has 0 N–H and O–H groups in total. The lowest BCUT2D eigenvalue weighted by atomic mass is 9.98. The van der Waals surface area contributed by atoms with Gasteiger partial charge in [0.2, 0.25) is 0 Å². The summed E-state index contributed by atoms with van der Waals surface area (Å²) >= 11 is 0. The Balaban J connectivity index is 0.00000274. The molecule has 0 aliphatic heterocycles. The second-order valence-corrected chi connectivity index (χ2v) is 10.9. The SMILES string of the molecule is CC.Cc1nn(C(=O)OC(C)(C)C)c2cnc(-c3c(F)cc(CN(C)C(=O)OC(C)(C)C)cc3C(F)(F)F)cc12. The number of nitrogens with zero attached hydrogens (tertiary/aromatic N) is 4. The van der Waals surface area contributed by atoms with Gasteiger partial charge in [0.25, 0.3) is 0 Å². The van der Waals surface area contributed by atoms with Gasteiger partial charge < -0.3 is 14.4 Å². The highest BCUT2D eigenvalue weighted by Crippen LogP contribution is 2.40. The van der Waals surface area contributed by atoms with Crippen molar-refractivity contribution in [3.05, 3.63) is 47.0 Å². The first-order valence-corrected chi connectivity index (χ1v) is 12.7. The van der Waals surface area contributed by atoms with Gasteiger partial charge in [0.05, 0.1) is 28.7 Å². The van der Waals surface area contributed by atoms with Crippen LogP contribution in [0.2, 0.25) is 0 Å². The van der Waals surface area contributed by atoms with E-state index in [1.165, 1.54) is 13.1 Å². The highest BCUT2D eigenvalue weighted by molar-refractivity contribution is 5.91. The maximum Gasteiger partial charge on any atom is 0.435 e. The van der Waals surface area contributed by atoms with Crippen LogP contribution in [0, 0.1) is 12.7 Å². The van der Waals surface area contributed by atoms with Crippen LogP contribution in [-0.2, 0) is 22.2 Å². The number of halogens is 4. The molecule has 3 rings (SSSR count). The van der Waals surface area contributed by atoms with Gasteiger partial charge in [-0.05, 0) is 72.2 Å². The molecular weight excluding hydrogens is 532 g/mol. The molecular formula is C28H36F4N4O4. The summed E-state index contributed by atoms with van der Waals surface area (Å²) in [5.74, 6) is -1.17. The first-order chi connectivity index (χ1) is 18.3. The Morgan fingerprint density at radius 1 is 0.975 bits per heavy atom. The van der Waals surface area contributed by atoms with Crippen molar-refractivity contribution in [3.63, 3.8) is 0 Å². The van der Waals surface area contributed by atoms with Crippen molar-refractivity contribution >= 4 is 23.1 Å². The standard InChI is InChI=1S/C26H30F4N4O4.C2H6/c1-14-16-11-19(31-12-20(16)34(32-14)23(36)38-25(5,6)7)21-17(26(28,29)30)9-15(10-18(21)27)13-33(8)22(35)37-24(2,3)4;1-2/h9-12H,13H2,1-8H3;1-2H3. The molecule has 0 bridgehead atoms. The number of ether oxygens (including phenoxy) is 2. The lowest BCUT2D eigenvalue weighted by Gasteiger charge is -2.25. The molecule has 0 fully saturated rings. The normalized spacial score (nSPS) is 12.1. The van der Waals surface area contributed by atoms with Crippen molar-refractivity contribution in [3.8, 4) is 11.3 Å². The van der Waals surface area contributed by atoms with E-state index < -0.39 is 46.5 Å². The van der Waals surface area contributed by atoms with E-state index in [0.717, 1.165) is 27.9 Å². The van der Waals surface area contributed by atoms with E-state index in [1.54, 1.807) is 48.5 Å². The fourth-order valence-corrected chi connectivity index (χ4v) is 3.66. The summed E-state index contributed by atoms with van der Waals surface area (Å²) in [6.45, 7) is 15.2. The lowest BCUT2D eigenvalue weighted by Crippen LogP contribution is -2.33. The van der Waals surface area contributed by atoms with Crippen molar-refractivity contribution in [1.82, 2.24) is 19.7 Å². The maximum absolute atomic E-state index is 15.3. The number of aryl methyl sites for hydroxylation is 1. The first kappa shape index (κ1) is 32.5. The number of amides is 1. The van der Waals surface area contributed by atoms with Crippen LogP contribution in [0.1, 0.15) is 72.2 Å². The number of hydrogen-bond acceptors (Lipinski definition) is 6. The van der Waals surface area contributed by atoms with Crippen LogP contribution in [0.5, 0.6) is 0 Å². The van der Waals surface area contributed by atoms with Crippen molar-refractivity contribution in [1.29, 1.82) is 0 Å². The third-order valence-corrected chi connectivity index (χ3v) is 5.15. The van der Waals surface area contributed by atoms with E-state index in [2.05, 4.69) is 10.1 Å². The van der Waals surface area contributed by atoms with Gasteiger partial charge in [0.15, 0.2) is 0 Å². The number of fused-ring (bicyclic) bond motifs is 1. The van der Waals surface area contributed by atoms with Crippen molar-refractivity contribution < 1.29 is 36.6 Å². The summed E-state index contributed by atoms with van der Waals surface area (Å²) in [7, 11) is 1.34. The minimum absolute atomic E-state index is 0.0815. The Hall–Kier alpha value is -3.70. The molecule has 0 spiro atoms. The Morgan fingerprint density at radius 3 is 2.08 bits per heavy atom. The molecule has 220 valence electrons. The van der Waals surface area contributed by atoms with Crippen LogP contribution in [0.25, 0.3) is 22.2 Å². The highest BCUT2D eigenvalue weighted by Gasteiger charge is 2.37. The minimum atomic E-state index is -4.93. The third kappa shape index (κ3) is 7.92. The summed E-state index contributed by atoms with van der Waals surface area (Å²) in [5, 5.41) is 4.44. The zero-order valence-corrected chi connectivity index (χ0v) is 24.5. The molecule has 1 amide bonds. The van der Waals surface area contributed by atoms with Crippen LogP contribution in [0.15, 0.2) is 24.4 Å². The third-order valence-electron chi connectivity index (χ3n) is 5.15. The lowest BCUT2D eigenvalue weighted by molar-refractivity contribution is -0.137. The molecule has 2 aromatic heterocycles. The largest absolute Gasteiger partial charge is 0.444 e.